The molecule has 0 radical (unpaired) electrons. The van der Waals surface area contributed by atoms with Crippen LogP contribution in [0.2, 0.25) is 0 Å². The number of thiophene rings is 1. The molecule has 0 spiro atoms. The van der Waals surface area contributed by atoms with E-state index in [4.69, 9.17) is 14.6 Å². The van der Waals surface area contributed by atoms with Crippen molar-refractivity contribution in [1.29, 1.82) is 10.5 Å². The normalized spacial score (nSPS) is 12.6. The first-order chi connectivity index (χ1) is 18.4. The van der Waals surface area contributed by atoms with Gasteiger partial charge in [0, 0.05) is 4.88 Å². The summed E-state index contributed by atoms with van der Waals surface area (Å²) in [4.78, 5) is 25.1. The molecule has 1 heterocycles. The molecular formula is C29H25N3O5S. The number of anilines is 1. The average Bonchev–Trinajstić information content (AvgIpc) is 3.28. The van der Waals surface area contributed by atoms with E-state index >= 15 is 0 Å². The van der Waals surface area contributed by atoms with Crippen molar-refractivity contribution in [3.05, 3.63) is 80.7 Å². The molecule has 0 bridgehead atoms. The lowest BCUT2D eigenvalue weighted by Gasteiger charge is -2.13. The first-order valence-electron chi connectivity index (χ1n) is 12.1. The molecule has 0 atom stereocenters. The van der Waals surface area contributed by atoms with E-state index in [0.717, 1.165) is 41.7 Å². The number of rotatable bonds is 9. The maximum absolute atomic E-state index is 12.9. The third kappa shape index (κ3) is 6.03. The lowest BCUT2D eigenvalue weighted by atomic mass is 9.96. The molecule has 0 saturated carbocycles. The Morgan fingerprint density at radius 2 is 1.84 bits per heavy atom. The Morgan fingerprint density at radius 3 is 2.53 bits per heavy atom. The number of aryl methyl sites for hydroxylation is 1. The smallest absolute Gasteiger partial charge is 0.335 e. The molecule has 0 saturated heterocycles. The summed E-state index contributed by atoms with van der Waals surface area (Å²) in [6, 6.07) is 15.6. The van der Waals surface area contributed by atoms with Gasteiger partial charge in [-0.3, -0.25) is 4.79 Å². The van der Waals surface area contributed by atoms with Gasteiger partial charge in [-0.05, 0) is 79.6 Å². The van der Waals surface area contributed by atoms with Crippen LogP contribution in [0, 0.1) is 22.7 Å². The summed E-state index contributed by atoms with van der Waals surface area (Å²) < 4.78 is 11.6. The standard InChI is InChI=1S/C29H25N3O5S/c1-2-36-25-14-19(9-12-24(25)37-17-18-7-10-20(11-8-18)29(34)35)13-21(15-30)27(33)32-28-23(16-31)22-5-3-4-6-26(22)38-28/h7-14H,2-6,17H2,1H3,(H,32,33)(H,34,35)/b21-13+. The minimum atomic E-state index is -0.995. The second-order valence-electron chi connectivity index (χ2n) is 8.58. The number of benzene rings is 2. The number of aromatic carboxylic acids is 1. The van der Waals surface area contributed by atoms with Gasteiger partial charge in [-0.2, -0.15) is 10.5 Å². The number of hydrogen-bond donors (Lipinski definition) is 2. The summed E-state index contributed by atoms with van der Waals surface area (Å²) in [6.07, 6.45) is 5.27. The lowest BCUT2D eigenvalue weighted by Crippen LogP contribution is -2.13. The minimum absolute atomic E-state index is 0.102. The summed E-state index contributed by atoms with van der Waals surface area (Å²) in [5.74, 6) is -0.660. The SMILES string of the molecule is CCOc1cc(/C=C(\C#N)C(=O)Nc2sc3c(c2C#N)CCCC3)ccc1OCc1ccc(C(=O)O)cc1. The molecule has 2 aromatic carbocycles. The van der Waals surface area contributed by atoms with E-state index < -0.39 is 11.9 Å². The average molecular weight is 528 g/mol. The number of nitriles is 2. The van der Waals surface area contributed by atoms with E-state index in [1.54, 1.807) is 30.3 Å². The largest absolute Gasteiger partial charge is 0.490 e. The Balaban J connectivity index is 1.51. The van der Waals surface area contributed by atoms with Crippen molar-refractivity contribution in [3.63, 3.8) is 0 Å². The quantitative estimate of drug-likeness (QED) is 0.269. The minimum Gasteiger partial charge on any atom is -0.490 e. The molecule has 4 rings (SSSR count). The van der Waals surface area contributed by atoms with Crippen LogP contribution >= 0.6 is 11.3 Å². The van der Waals surface area contributed by atoms with Gasteiger partial charge in [0.2, 0.25) is 0 Å². The topological polar surface area (TPSA) is 132 Å². The van der Waals surface area contributed by atoms with Gasteiger partial charge in [0.25, 0.3) is 5.91 Å². The third-order valence-corrected chi connectivity index (χ3v) is 7.26. The van der Waals surface area contributed by atoms with Crippen molar-refractivity contribution < 1.29 is 24.2 Å². The van der Waals surface area contributed by atoms with Crippen LogP contribution in [-0.4, -0.2) is 23.6 Å². The van der Waals surface area contributed by atoms with Gasteiger partial charge < -0.3 is 19.9 Å². The highest BCUT2D eigenvalue weighted by molar-refractivity contribution is 7.16. The number of carbonyl (C=O) groups is 2. The highest BCUT2D eigenvalue weighted by Crippen LogP contribution is 2.38. The number of carbonyl (C=O) groups excluding carboxylic acids is 1. The Bertz CT molecular complexity index is 1480. The molecule has 9 heteroatoms. The maximum atomic E-state index is 12.9. The van der Waals surface area contributed by atoms with Crippen LogP contribution in [0.1, 0.15) is 57.3 Å². The van der Waals surface area contributed by atoms with Crippen LogP contribution in [0.5, 0.6) is 11.5 Å². The van der Waals surface area contributed by atoms with Gasteiger partial charge in [-0.15, -0.1) is 11.3 Å². The first-order valence-corrected chi connectivity index (χ1v) is 12.9. The molecule has 8 nitrogen and oxygen atoms in total. The second-order valence-corrected chi connectivity index (χ2v) is 9.69. The van der Waals surface area contributed by atoms with E-state index in [2.05, 4.69) is 11.4 Å². The molecule has 1 aliphatic carbocycles. The van der Waals surface area contributed by atoms with Crippen LogP contribution < -0.4 is 14.8 Å². The van der Waals surface area contributed by atoms with Crippen LogP contribution in [-0.2, 0) is 24.2 Å². The second kappa shape index (κ2) is 12.1. The molecule has 3 aromatic rings. The molecule has 0 aliphatic heterocycles. The highest BCUT2D eigenvalue weighted by Gasteiger charge is 2.23. The Morgan fingerprint density at radius 1 is 1.08 bits per heavy atom. The van der Waals surface area contributed by atoms with Gasteiger partial charge in [0.1, 0.15) is 29.3 Å². The van der Waals surface area contributed by atoms with E-state index in [1.807, 2.05) is 13.0 Å². The predicted octanol–water partition coefficient (Wildman–Crippen LogP) is 5.72. The molecule has 0 fully saturated rings. The molecule has 38 heavy (non-hydrogen) atoms. The fraction of sp³-hybridized carbons (Fsp3) is 0.241. The Hall–Kier alpha value is -4.60. The molecule has 1 aliphatic rings. The van der Waals surface area contributed by atoms with Crippen LogP contribution in [0.15, 0.2) is 48.0 Å². The van der Waals surface area contributed by atoms with Crippen molar-refractivity contribution in [2.24, 2.45) is 0 Å². The number of carboxylic acid groups (broad SMARTS) is 1. The van der Waals surface area contributed by atoms with Crippen molar-refractivity contribution in [2.45, 2.75) is 39.2 Å². The van der Waals surface area contributed by atoms with Gasteiger partial charge in [0.15, 0.2) is 11.5 Å². The van der Waals surface area contributed by atoms with E-state index in [0.29, 0.717) is 34.2 Å². The number of ether oxygens (including phenoxy) is 2. The number of nitrogens with zero attached hydrogens (tertiary/aromatic N) is 2. The monoisotopic (exact) mass is 527 g/mol. The number of nitrogens with one attached hydrogen (secondary N) is 1. The fourth-order valence-corrected chi connectivity index (χ4v) is 5.40. The molecule has 2 N–H and O–H groups in total. The molecular weight excluding hydrogens is 502 g/mol. The summed E-state index contributed by atoms with van der Waals surface area (Å²) in [7, 11) is 0. The van der Waals surface area contributed by atoms with Crippen molar-refractivity contribution in [1.82, 2.24) is 0 Å². The van der Waals surface area contributed by atoms with Gasteiger partial charge in [-0.25, -0.2) is 4.79 Å². The van der Waals surface area contributed by atoms with E-state index in [1.165, 1.54) is 29.5 Å². The van der Waals surface area contributed by atoms with Gasteiger partial charge in [0.05, 0.1) is 17.7 Å². The van der Waals surface area contributed by atoms with E-state index in [9.17, 15) is 20.1 Å². The van der Waals surface area contributed by atoms with Crippen molar-refractivity contribution in [3.8, 4) is 23.6 Å². The van der Waals surface area contributed by atoms with E-state index in [-0.39, 0.29) is 17.7 Å². The molecule has 1 amide bonds. The van der Waals surface area contributed by atoms with Crippen molar-refractivity contribution >= 4 is 34.3 Å². The molecule has 0 unspecified atom stereocenters. The fourth-order valence-electron chi connectivity index (χ4n) is 4.16. The van der Waals surface area contributed by atoms with Gasteiger partial charge in [-0.1, -0.05) is 18.2 Å². The maximum Gasteiger partial charge on any atom is 0.335 e. The summed E-state index contributed by atoms with van der Waals surface area (Å²) >= 11 is 1.41. The van der Waals surface area contributed by atoms with Gasteiger partial charge >= 0.3 is 5.97 Å². The lowest BCUT2D eigenvalue weighted by molar-refractivity contribution is -0.112. The zero-order valence-corrected chi connectivity index (χ0v) is 21.6. The summed E-state index contributed by atoms with van der Waals surface area (Å²) in [6.45, 7) is 2.41. The van der Waals surface area contributed by atoms with Crippen LogP contribution in [0.4, 0.5) is 5.00 Å². The Kier molecular flexibility index (Phi) is 8.42. The summed E-state index contributed by atoms with van der Waals surface area (Å²) in [5, 5.41) is 31.6. The number of fused-ring (bicyclic) bond motifs is 1. The van der Waals surface area contributed by atoms with Crippen molar-refractivity contribution in [2.75, 3.05) is 11.9 Å². The predicted molar refractivity (Wildman–Crippen MR) is 143 cm³/mol. The Labute approximate surface area is 224 Å². The third-order valence-electron chi connectivity index (χ3n) is 6.05. The highest BCUT2D eigenvalue weighted by atomic mass is 32.1. The molecule has 1 aromatic heterocycles. The number of amides is 1. The van der Waals surface area contributed by atoms with Crippen LogP contribution in [0.3, 0.4) is 0 Å². The van der Waals surface area contributed by atoms with Crippen LogP contribution in [0.25, 0.3) is 6.08 Å². The number of hydrogen-bond acceptors (Lipinski definition) is 7. The zero-order valence-electron chi connectivity index (χ0n) is 20.7. The first kappa shape index (κ1) is 26.5. The zero-order chi connectivity index (χ0) is 27.1. The molecule has 192 valence electrons. The summed E-state index contributed by atoms with van der Waals surface area (Å²) in [5.41, 5.74) is 2.96. The number of carboxylic acids is 1.